The van der Waals surface area contributed by atoms with E-state index >= 15 is 0 Å². The summed E-state index contributed by atoms with van der Waals surface area (Å²) in [6.07, 6.45) is 1.18. The van der Waals surface area contributed by atoms with E-state index in [9.17, 15) is 0 Å². The van der Waals surface area contributed by atoms with Crippen LogP contribution in [0.15, 0.2) is 24.3 Å². The van der Waals surface area contributed by atoms with Crippen LogP contribution in [-0.2, 0) is 4.74 Å². The first-order valence-corrected chi connectivity index (χ1v) is 6.47. The van der Waals surface area contributed by atoms with E-state index < -0.39 is 0 Å². The Labute approximate surface area is 112 Å². The first kappa shape index (κ1) is 12.2. The molecule has 19 heavy (non-hydrogen) atoms. The van der Waals surface area contributed by atoms with Gasteiger partial charge in [0.05, 0.1) is 24.8 Å². The van der Waals surface area contributed by atoms with Crippen molar-refractivity contribution in [1.29, 1.82) is 0 Å². The molecule has 0 spiro atoms. The summed E-state index contributed by atoms with van der Waals surface area (Å²) in [6, 6.07) is 8.57. The van der Waals surface area contributed by atoms with E-state index in [0.717, 1.165) is 29.7 Å². The standard InChI is InChI=1S/C14H17N3O2/c1-9-11(7-8-19-9)15-13-10-5-3-4-6-12(10)16-14(17-13)18-2/h3-6,9,11H,7-8H2,1-2H3,(H,15,16,17). The largest absolute Gasteiger partial charge is 0.467 e. The van der Waals surface area contributed by atoms with Crippen LogP contribution in [0.2, 0.25) is 0 Å². The number of benzene rings is 1. The Morgan fingerprint density at radius 2 is 2.16 bits per heavy atom. The van der Waals surface area contributed by atoms with Gasteiger partial charge in [0.2, 0.25) is 0 Å². The van der Waals surface area contributed by atoms with Crippen LogP contribution in [0.4, 0.5) is 5.82 Å². The van der Waals surface area contributed by atoms with Crippen LogP contribution in [0.5, 0.6) is 6.01 Å². The fourth-order valence-corrected chi connectivity index (χ4v) is 2.35. The highest BCUT2D eigenvalue weighted by atomic mass is 16.5. The number of nitrogens with one attached hydrogen (secondary N) is 1. The number of aromatic nitrogens is 2. The van der Waals surface area contributed by atoms with E-state index in [1.54, 1.807) is 7.11 Å². The fraction of sp³-hybridized carbons (Fsp3) is 0.429. The van der Waals surface area contributed by atoms with Gasteiger partial charge in [-0.2, -0.15) is 9.97 Å². The average molecular weight is 259 g/mol. The molecule has 1 saturated heterocycles. The van der Waals surface area contributed by atoms with Gasteiger partial charge in [0.15, 0.2) is 0 Å². The van der Waals surface area contributed by atoms with E-state index in [0.29, 0.717) is 6.01 Å². The average Bonchev–Trinajstić information content (AvgIpc) is 2.84. The lowest BCUT2D eigenvalue weighted by atomic mass is 10.1. The number of hydrogen-bond donors (Lipinski definition) is 1. The first-order valence-electron chi connectivity index (χ1n) is 6.47. The van der Waals surface area contributed by atoms with Crippen LogP contribution in [0, 0.1) is 0 Å². The number of nitrogens with zero attached hydrogens (tertiary/aromatic N) is 2. The molecule has 1 fully saturated rings. The first-order chi connectivity index (χ1) is 9.28. The van der Waals surface area contributed by atoms with Crippen LogP contribution in [0.25, 0.3) is 10.9 Å². The molecular formula is C14H17N3O2. The summed E-state index contributed by atoms with van der Waals surface area (Å²) in [5, 5.41) is 4.45. The Hall–Kier alpha value is -1.88. The highest BCUT2D eigenvalue weighted by Gasteiger charge is 2.25. The molecule has 2 unspecified atom stereocenters. The number of hydrogen-bond acceptors (Lipinski definition) is 5. The lowest BCUT2D eigenvalue weighted by Gasteiger charge is -2.18. The van der Waals surface area contributed by atoms with Crippen molar-refractivity contribution in [3.8, 4) is 6.01 Å². The molecule has 2 atom stereocenters. The number of fused-ring (bicyclic) bond motifs is 1. The van der Waals surface area contributed by atoms with E-state index in [1.807, 2.05) is 24.3 Å². The summed E-state index contributed by atoms with van der Waals surface area (Å²) in [4.78, 5) is 8.76. The van der Waals surface area contributed by atoms with Gasteiger partial charge in [-0.15, -0.1) is 0 Å². The number of rotatable bonds is 3. The van der Waals surface area contributed by atoms with Crippen molar-refractivity contribution in [3.63, 3.8) is 0 Å². The molecule has 0 amide bonds. The van der Waals surface area contributed by atoms with Gasteiger partial charge in [-0.3, -0.25) is 0 Å². The zero-order chi connectivity index (χ0) is 13.2. The molecule has 1 aliphatic heterocycles. The van der Waals surface area contributed by atoms with E-state index in [2.05, 4.69) is 22.2 Å². The van der Waals surface area contributed by atoms with Gasteiger partial charge in [0.1, 0.15) is 5.82 Å². The minimum atomic E-state index is 0.194. The third kappa shape index (κ3) is 2.33. The molecule has 2 aromatic rings. The predicted molar refractivity (Wildman–Crippen MR) is 73.5 cm³/mol. The van der Waals surface area contributed by atoms with Gasteiger partial charge >= 0.3 is 6.01 Å². The van der Waals surface area contributed by atoms with Crippen LogP contribution in [0.3, 0.4) is 0 Å². The Bertz CT molecular complexity index is 588. The summed E-state index contributed by atoms with van der Waals surface area (Å²) < 4.78 is 10.7. The number of anilines is 1. The third-order valence-corrected chi connectivity index (χ3v) is 3.46. The van der Waals surface area contributed by atoms with E-state index in [1.165, 1.54) is 0 Å². The molecule has 5 nitrogen and oxygen atoms in total. The second-order valence-corrected chi connectivity index (χ2v) is 4.69. The van der Waals surface area contributed by atoms with Crippen LogP contribution in [0.1, 0.15) is 13.3 Å². The molecule has 0 radical (unpaired) electrons. The molecular weight excluding hydrogens is 242 g/mol. The van der Waals surface area contributed by atoms with Crippen molar-refractivity contribution in [2.24, 2.45) is 0 Å². The van der Waals surface area contributed by atoms with Crippen LogP contribution >= 0.6 is 0 Å². The van der Waals surface area contributed by atoms with Gasteiger partial charge in [-0.25, -0.2) is 0 Å². The fourth-order valence-electron chi connectivity index (χ4n) is 2.35. The van der Waals surface area contributed by atoms with Crippen molar-refractivity contribution < 1.29 is 9.47 Å². The monoisotopic (exact) mass is 259 g/mol. The Kier molecular flexibility index (Phi) is 3.21. The smallest absolute Gasteiger partial charge is 0.318 e. The molecule has 1 aliphatic rings. The van der Waals surface area contributed by atoms with Crippen molar-refractivity contribution in [3.05, 3.63) is 24.3 Å². The summed E-state index contributed by atoms with van der Waals surface area (Å²) in [5.74, 6) is 0.810. The van der Waals surface area contributed by atoms with Gasteiger partial charge in [0, 0.05) is 12.0 Å². The number of para-hydroxylation sites is 1. The molecule has 1 N–H and O–H groups in total. The molecule has 100 valence electrons. The highest BCUT2D eigenvalue weighted by Crippen LogP contribution is 2.25. The summed E-state index contributed by atoms with van der Waals surface area (Å²) >= 11 is 0. The van der Waals surface area contributed by atoms with Crippen molar-refractivity contribution >= 4 is 16.7 Å². The van der Waals surface area contributed by atoms with Crippen LogP contribution < -0.4 is 10.1 Å². The van der Waals surface area contributed by atoms with Crippen molar-refractivity contribution in [2.45, 2.75) is 25.5 Å². The maximum absolute atomic E-state index is 5.57. The second-order valence-electron chi connectivity index (χ2n) is 4.69. The zero-order valence-electron chi connectivity index (χ0n) is 11.1. The molecule has 2 heterocycles. The normalized spacial score (nSPS) is 22.6. The quantitative estimate of drug-likeness (QED) is 0.916. The van der Waals surface area contributed by atoms with E-state index in [4.69, 9.17) is 9.47 Å². The lowest BCUT2D eigenvalue weighted by Crippen LogP contribution is -2.27. The molecule has 5 heteroatoms. The Morgan fingerprint density at radius 3 is 2.89 bits per heavy atom. The Morgan fingerprint density at radius 1 is 1.32 bits per heavy atom. The predicted octanol–water partition coefficient (Wildman–Crippen LogP) is 2.23. The second kappa shape index (κ2) is 5.01. The summed E-state index contributed by atoms with van der Waals surface area (Å²) in [5.41, 5.74) is 0.878. The SMILES string of the molecule is COc1nc(NC2CCOC2C)c2ccccc2n1. The lowest BCUT2D eigenvalue weighted by molar-refractivity contribution is 0.121. The maximum Gasteiger partial charge on any atom is 0.318 e. The summed E-state index contributed by atoms with van der Waals surface area (Å²) in [6.45, 7) is 2.87. The third-order valence-electron chi connectivity index (χ3n) is 3.46. The molecule has 1 aromatic heterocycles. The zero-order valence-corrected chi connectivity index (χ0v) is 11.1. The topological polar surface area (TPSA) is 56.3 Å². The van der Waals surface area contributed by atoms with Gasteiger partial charge < -0.3 is 14.8 Å². The summed E-state index contributed by atoms with van der Waals surface area (Å²) in [7, 11) is 1.58. The molecule has 0 aliphatic carbocycles. The van der Waals surface area contributed by atoms with Crippen molar-refractivity contribution in [2.75, 3.05) is 19.0 Å². The number of ether oxygens (including phenoxy) is 2. The minimum Gasteiger partial charge on any atom is -0.467 e. The molecule has 0 saturated carbocycles. The van der Waals surface area contributed by atoms with Gasteiger partial charge in [0.25, 0.3) is 0 Å². The molecule has 3 rings (SSSR count). The minimum absolute atomic E-state index is 0.194. The van der Waals surface area contributed by atoms with E-state index in [-0.39, 0.29) is 12.1 Å². The van der Waals surface area contributed by atoms with Gasteiger partial charge in [-0.05, 0) is 25.5 Å². The molecule has 0 bridgehead atoms. The van der Waals surface area contributed by atoms with Gasteiger partial charge in [-0.1, -0.05) is 12.1 Å². The van der Waals surface area contributed by atoms with Crippen molar-refractivity contribution in [1.82, 2.24) is 9.97 Å². The Balaban J connectivity index is 2.00. The van der Waals surface area contributed by atoms with Crippen LogP contribution in [-0.4, -0.2) is 35.8 Å². The number of methoxy groups -OCH3 is 1. The molecule has 1 aromatic carbocycles. The maximum atomic E-state index is 5.57. The highest BCUT2D eigenvalue weighted by molar-refractivity contribution is 5.89.